The van der Waals surface area contributed by atoms with Crippen LogP contribution in [-0.4, -0.2) is 36.6 Å². The summed E-state index contributed by atoms with van der Waals surface area (Å²) in [6, 6.07) is 4.98. The van der Waals surface area contributed by atoms with E-state index in [1.807, 2.05) is 0 Å². The fourth-order valence-electron chi connectivity index (χ4n) is 2.12. The summed E-state index contributed by atoms with van der Waals surface area (Å²) in [5, 5.41) is 2.29. The molecular formula is C17H20FNO5. The zero-order chi connectivity index (χ0) is 18.3. The van der Waals surface area contributed by atoms with Crippen molar-refractivity contribution >= 4 is 23.4 Å². The maximum Gasteiger partial charge on any atom is 0.348 e. The van der Waals surface area contributed by atoms with Crippen LogP contribution in [0.3, 0.4) is 0 Å². The number of nitrogens with one attached hydrogen (secondary N) is 1. The van der Waals surface area contributed by atoms with Crippen molar-refractivity contribution in [3.05, 3.63) is 42.2 Å². The van der Waals surface area contributed by atoms with E-state index >= 15 is 0 Å². The highest BCUT2D eigenvalue weighted by Gasteiger charge is 2.53. The molecule has 6 nitrogen and oxygen atoms in total. The normalized spacial score (nSPS) is 10.7. The van der Waals surface area contributed by atoms with Crippen molar-refractivity contribution < 1.29 is 28.2 Å². The second kappa shape index (κ2) is 8.24. The Morgan fingerprint density at radius 1 is 1.08 bits per heavy atom. The average molecular weight is 337 g/mol. The maximum absolute atomic E-state index is 13.1. The van der Waals surface area contributed by atoms with Gasteiger partial charge in [-0.2, -0.15) is 0 Å². The van der Waals surface area contributed by atoms with E-state index in [2.05, 4.69) is 11.9 Å². The number of carbonyl (C=O) groups excluding carboxylic acids is 3. The highest BCUT2D eigenvalue weighted by atomic mass is 19.1. The van der Waals surface area contributed by atoms with E-state index < -0.39 is 29.2 Å². The van der Waals surface area contributed by atoms with Crippen LogP contribution < -0.4 is 5.32 Å². The molecule has 1 N–H and O–H groups in total. The summed E-state index contributed by atoms with van der Waals surface area (Å²) in [6.45, 7) is 7.97. The Morgan fingerprint density at radius 3 is 1.92 bits per heavy atom. The Labute approximate surface area is 139 Å². The first kappa shape index (κ1) is 19.3. The molecule has 0 saturated heterocycles. The number of esters is 2. The number of carbonyl (C=O) groups is 3. The molecule has 0 aliphatic heterocycles. The summed E-state index contributed by atoms with van der Waals surface area (Å²) in [5.41, 5.74) is -2.03. The fourth-order valence-corrected chi connectivity index (χ4v) is 2.12. The van der Waals surface area contributed by atoms with Gasteiger partial charge in [-0.15, -0.1) is 0 Å². The molecule has 0 saturated carbocycles. The predicted molar refractivity (Wildman–Crippen MR) is 85.2 cm³/mol. The van der Waals surface area contributed by atoms with Gasteiger partial charge in [0.15, 0.2) is 0 Å². The minimum Gasteiger partial charge on any atom is -0.464 e. The first-order chi connectivity index (χ1) is 11.3. The monoisotopic (exact) mass is 337 g/mol. The van der Waals surface area contributed by atoms with Gasteiger partial charge in [-0.05, 0) is 31.5 Å². The number of ether oxygens (including phenoxy) is 2. The topological polar surface area (TPSA) is 81.7 Å². The fraction of sp³-hybridized carbons (Fsp3) is 0.353. The first-order valence-corrected chi connectivity index (χ1v) is 7.38. The lowest BCUT2D eigenvalue weighted by molar-refractivity contribution is -0.163. The van der Waals surface area contributed by atoms with Crippen LogP contribution >= 0.6 is 0 Å². The standard InChI is InChI=1S/C17H20FNO5/c1-5-23-15(21)17(19-12(4)20,16(22)24-6-2)11(3)13-7-9-14(18)10-8-13/h7-10H,3,5-6H2,1-2,4H3,(H,19,20). The smallest absolute Gasteiger partial charge is 0.348 e. The zero-order valence-corrected chi connectivity index (χ0v) is 13.8. The van der Waals surface area contributed by atoms with Gasteiger partial charge >= 0.3 is 11.9 Å². The number of rotatable bonds is 7. The molecule has 1 rings (SSSR count). The van der Waals surface area contributed by atoms with Gasteiger partial charge in [0.2, 0.25) is 5.91 Å². The Hall–Kier alpha value is -2.70. The molecule has 0 aliphatic carbocycles. The average Bonchev–Trinajstić information content (AvgIpc) is 2.52. The summed E-state index contributed by atoms with van der Waals surface area (Å²) < 4.78 is 23.0. The second-order valence-corrected chi connectivity index (χ2v) is 4.86. The van der Waals surface area contributed by atoms with Gasteiger partial charge in [-0.1, -0.05) is 18.7 Å². The van der Waals surface area contributed by atoms with Crippen LogP contribution in [-0.2, 0) is 23.9 Å². The minimum absolute atomic E-state index is 0.0176. The molecule has 7 heteroatoms. The Balaban J connectivity index is 3.49. The van der Waals surface area contributed by atoms with Crippen LogP contribution in [0.25, 0.3) is 5.57 Å². The molecule has 24 heavy (non-hydrogen) atoms. The lowest BCUT2D eigenvalue weighted by Gasteiger charge is -2.31. The molecule has 0 aliphatic rings. The molecule has 0 fully saturated rings. The van der Waals surface area contributed by atoms with Gasteiger partial charge in [0, 0.05) is 12.5 Å². The van der Waals surface area contributed by atoms with Crippen molar-refractivity contribution in [2.45, 2.75) is 26.3 Å². The van der Waals surface area contributed by atoms with E-state index in [0.29, 0.717) is 0 Å². The molecule has 1 aromatic carbocycles. The van der Waals surface area contributed by atoms with E-state index in [0.717, 1.165) is 19.1 Å². The van der Waals surface area contributed by atoms with Crippen LogP contribution in [0.4, 0.5) is 4.39 Å². The van der Waals surface area contributed by atoms with Gasteiger partial charge in [-0.25, -0.2) is 14.0 Å². The van der Waals surface area contributed by atoms with Crippen LogP contribution in [0.5, 0.6) is 0 Å². The Bertz CT molecular complexity index is 621. The third-order valence-corrected chi connectivity index (χ3v) is 3.17. The van der Waals surface area contributed by atoms with Crippen molar-refractivity contribution in [2.75, 3.05) is 13.2 Å². The Kier molecular flexibility index (Phi) is 6.64. The van der Waals surface area contributed by atoms with Crippen molar-refractivity contribution in [3.8, 4) is 0 Å². The summed E-state index contributed by atoms with van der Waals surface area (Å²) in [4.78, 5) is 36.7. The highest BCUT2D eigenvalue weighted by Crippen LogP contribution is 2.29. The van der Waals surface area contributed by atoms with Gasteiger partial charge in [0.1, 0.15) is 5.82 Å². The van der Waals surface area contributed by atoms with Crippen LogP contribution in [0, 0.1) is 5.82 Å². The van der Waals surface area contributed by atoms with E-state index in [1.165, 1.54) is 12.1 Å². The lowest BCUT2D eigenvalue weighted by Crippen LogP contribution is -2.61. The quantitative estimate of drug-likeness (QED) is 0.606. The molecule has 1 aromatic rings. The van der Waals surface area contributed by atoms with E-state index in [-0.39, 0.29) is 24.4 Å². The maximum atomic E-state index is 13.1. The highest BCUT2D eigenvalue weighted by molar-refractivity contribution is 6.19. The summed E-state index contributed by atoms with van der Waals surface area (Å²) >= 11 is 0. The number of benzene rings is 1. The molecule has 0 unspecified atom stereocenters. The molecule has 0 radical (unpaired) electrons. The molecule has 0 bridgehead atoms. The van der Waals surface area contributed by atoms with Crippen LogP contribution in [0.15, 0.2) is 30.8 Å². The second-order valence-electron chi connectivity index (χ2n) is 4.86. The van der Waals surface area contributed by atoms with E-state index in [1.54, 1.807) is 13.8 Å². The van der Waals surface area contributed by atoms with Crippen molar-refractivity contribution in [2.24, 2.45) is 0 Å². The van der Waals surface area contributed by atoms with Crippen LogP contribution in [0.1, 0.15) is 26.3 Å². The summed E-state index contributed by atoms with van der Waals surface area (Å²) in [6.07, 6.45) is 0. The molecular weight excluding hydrogens is 317 g/mol. The first-order valence-electron chi connectivity index (χ1n) is 7.38. The van der Waals surface area contributed by atoms with Crippen LogP contribution in [0.2, 0.25) is 0 Å². The largest absolute Gasteiger partial charge is 0.464 e. The molecule has 0 spiro atoms. The summed E-state index contributed by atoms with van der Waals surface area (Å²) in [5.74, 6) is -3.19. The number of amides is 1. The van der Waals surface area contributed by atoms with Crippen molar-refractivity contribution in [3.63, 3.8) is 0 Å². The van der Waals surface area contributed by atoms with E-state index in [9.17, 15) is 18.8 Å². The molecule has 1 amide bonds. The van der Waals surface area contributed by atoms with Gasteiger partial charge in [0.25, 0.3) is 5.54 Å². The van der Waals surface area contributed by atoms with Gasteiger partial charge in [-0.3, -0.25) is 4.79 Å². The Morgan fingerprint density at radius 2 is 1.54 bits per heavy atom. The predicted octanol–water partition coefficient (Wildman–Crippen LogP) is 1.84. The molecule has 0 aromatic heterocycles. The molecule has 130 valence electrons. The lowest BCUT2D eigenvalue weighted by atomic mass is 9.85. The van der Waals surface area contributed by atoms with Gasteiger partial charge in [0.05, 0.1) is 13.2 Å². The minimum atomic E-state index is -2.24. The van der Waals surface area contributed by atoms with Gasteiger partial charge < -0.3 is 14.8 Å². The zero-order valence-electron chi connectivity index (χ0n) is 13.8. The molecule has 0 heterocycles. The number of halogens is 1. The SMILES string of the molecule is C=C(c1ccc(F)cc1)C(NC(C)=O)(C(=O)OCC)C(=O)OCC. The van der Waals surface area contributed by atoms with E-state index in [4.69, 9.17) is 9.47 Å². The van der Waals surface area contributed by atoms with Crippen molar-refractivity contribution in [1.29, 1.82) is 0 Å². The third kappa shape index (κ3) is 3.98. The number of hydrogen-bond donors (Lipinski definition) is 1. The third-order valence-electron chi connectivity index (χ3n) is 3.17. The number of hydrogen-bond acceptors (Lipinski definition) is 5. The summed E-state index contributed by atoms with van der Waals surface area (Å²) in [7, 11) is 0. The molecule has 0 atom stereocenters. The van der Waals surface area contributed by atoms with Crippen molar-refractivity contribution in [1.82, 2.24) is 5.32 Å².